The summed E-state index contributed by atoms with van der Waals surface area (Å²) in [5, 5.41) is 3.06. The predicted octanol–water partition coefficient (Wildman–Crippen LogP) is 4.56. The van der Waals surface area contributed by atoms with Crippen LogP contribution in [0.15, 0.2) is 65.5 Å². The maximum Gasteiger partial charge on any atom is 0.266 e. The van der Waals surface area contributed by atoms with Crippen LogP contribution in [0.3, 0.4) is 0 Å². The van der Waals surface area contributed by atoms with Crippen molar-refractivity contribution >= 4 is 29.0 Å². The first kappa shape index (κ1) is 20.6. The van der Waals surface area contributed by atoms with Crippen molar-refractivity contribution < 1.29 is 13.6 Å². The first-order chi connectivity index (χ1) is 14.8. The minimum atomic E-state index is -0.420. The number of nitrogens with one attached hydrogen (secondary N) is 2. The second-order valence-electron chi connectivity index (χ2n) is 7.07. The van der Waals surface area contributed by atoms with Gasteiger partial charge in [-0.1, -0.05) is 12.1 Å². The van der Waals surface area contributed by atoms with Crippen LogP contribution in [0.1, 0.15) is 21.5 Å². The average molecular weight is 437 g/mol. The van der Waals surface area contributed by atoms with Crippen molar-refractivity contribution in [2.24, 2.45) is 0 Å². The van der Waals surface area contributed by atoms with Crippen molar-refractivity contribution in [3.05, 3.63) is 104 Å². The molecule has 0 aliphatic carbocycles. The number of fused-ring (bicyclic) bond motifs is 1. The lowest BCUT2D eigenvalue weighted by molar-refractivity contribution is 0.0951. The molecular weight excluding hydrogens is 420 g/mol. The molecule has 5 nitrogen and oxygen atoms in total. The van der Waals surface area contributed by atoms with Gasteiger partial charge in [0.25, 0.3) is 11.5 Å². The largest absolute Gasteiger partial charge is 0.348 e. The quantitative estimate of drug-likeness (QED) is 0.460. The summed E-state index contributed by atoms with van der Waals surface area (Å²) in [7, 11) is 0. The Bertz CT molecular complexity index is 1430. The number of halogens is 2. The second kappa shape index (κ2) is 8.23. The van der Waals surface area contributed by atoms with Crippen molar-refractivity contribution in [2.45, 2.75) is 13.5 Å². The van der Waals surface area contributed by atoms with Gasteiger partial charge in [-0.25, -0.2) is 8.78 Å². The Balaban J connectivity index is 1.63. The third-order valence-corrected chi connectivity index (χ3v) is 5.22. The number of carbonyl (C=O) groups excluding carboxylic acids is 1. The smallest absolute Gasteiger partial charge is 0.266 e. The van der Waals surface area contributed by atoms with E-state index in [1.807, 2.05) is 0 Å². The molecule has 0 atom stereocenters. The van der Waals surface area contributed by atoms with Crippen molar-refractivity contribution in [1.29, 1.82) is 0 Å². The highest BCUT2D eigenvalue weighted by Crippen LogP contribution is 2.15. The molecule has 2 N–H and O–H groups in total. The molecule has 0 bridgehead atoms. The molecule has 1 amide bonds. The van der Waals surface area contributed by atoms with Gasteiger partial charge in [-0.15, -0.1) is 0 Å². The molecule has 3 aromatic carbocycles. The summed E-state index contributed by atoms with van der Waals surface area (Å²) in [4.78, 5) is 28.4. The van der Waals surface area contributed by atoms with Crippen LogP contribution in [0.5, 0.6) is 0 Å². The summed E-state index contributed by atoms with van der Waals surface area (Å²) in [6.45, 7) is 1.83. The molecular formula is C23H17F2N3O2S. The molecule has 31 heavy (non-hydrogen) atoms. The Morgan fingerprint density at radius 1 is 1.06 bits per heavy atom. The summed E-state index contributed by atoms with van der Waals surface area (Å²) in [6.07, 6.45) is 0. The predicted molar refractivity (Wildman–Crippen MR) is 117 cm³/mol. The Morgan fingerprint density at radius 3 is 2.52 bits per heavy atom. The summed E-state index contributed by atoms with van der Waals surface area (Å²) in [6, 6.07) is 14.8. The van der Waals surface area contributed by atoms with Gasteiger partial charge >= 0.3 is 0 Å². The third kappa shape index (κ3) is 4.15. The van der Waals surface area contributed by atoms with Gasteiger partial charge in [0.2, 0.25) is 0 Å². The van der Waals surface area contributed by atoms with Crippen LogP contribution in [-0.2, 0) is 6.54 Å². The van der Waals surface area contributed by atoms with E-state index in [2.05, 4.69) is 10.3 Å². The Hall–Kier alpha value is -3.65. The van der Waals surface area contributed by atoms with Crippen molar-refractivity contribution in [3.63, 3.8) is 0 Å². The van der Waals surface area contributed by atoms with E-state index in [-0.39, 0.29) is 28.6 Å². The van der Waals surface area contributed by atoms with E-state index in [9.17, 15) is 18.4 Å². The summed E-state index contributed by atoms with van der Waals surface area (Å²) in [5.41, 5.74) is 1.95. The highest BCUT2D eigenvalue weighted by Gasteiger charge is 2.12. The number of benzene rings is 3. The Morgan fingerprint density at radius 2 is 1.81 bits per heavy atom. The fourth-order valence-electron chi connectivity index (χ4n) is 3.21. The first-order valence-corrected chi connectivity index (χ1v) is 9.82. The van der Waals surface area contributed by atoms with Crippen LogP contribution < -0.4 is 10.9 Å². The zero-order chi connectivity index (χ0) is 22.1. The fraction of sp³-hybridized carbons (Fsp3) is 0.0870. The maximum absolute atomic E-state index is 13.7. The minimum Gasteiger partial charge on any atom is -0.348 e. The molecule has 0 aliphatic heterocycles. The number of hydrogen-bond donors (Lipinski definition) is 2. The monoisotopic (exact) mass is 437 g/mol. The molecule has 156 valence electrons. The van der Waals surface area contributed by atoms with E-state index in [4.69, 9.17) is 12.2 Å². The van der Waals surface area contributed by atoms with Crippen LogP contribution in [0.25, 0.3) is 16.6 Å². The van der Waals surface area contributed by atoms with Gasteiger partial charge in [0.05, 0.1) is 16.6 Å². The van der Waals surface area contributed by atoms with Crippen LogP contribution in [0, 0.1) is 23.3 Å². The van der Waals surface area contributed by atoms with E-state index in [1.54, 1.807) is 19.1 Å². The molecule has 0 saturated carbocycles. The molecule has 0 radical (unpaired) electrons. The second-order valence-corrected chi connectivity index (χ2v) is 7.46. The normalized spacial score (nSPS) is 10.9. The molecule has 0 fully saturated rings. The number of H-pyrrole nitrogens is 1. The van der Waals surface area contributed by atoms with Crippen LogP contribution >= 0.6 is 12.2 Å². The summed E-state index contributed by atoms with van der Waals surface area (Å²) >= 11 is 5.31. The van der Waals surface area contributed by atoms with Gasteiger partial charge < -0.3 is 10.3 Å². The lowest BCUT2D eigenvalue weighted by Gasteiger charge is -2.10. The number of aromatic amines is 1. The lowest BCUT2D eigenvalue weighted by Crippen LogP contribution is -2.24. The van der Waals surface area contributed by atoms with Gasteiger partial charge in [-0.05, 0) is 78.8 Å². The number of hydrogen-bond acceptors (Lipinski definition) is 3. The van der Waals surface area contributed by atoms with E-state index < -0.39 is 5.82 Å². The van der Waals surface area contributed by atoms with Crippen LogP contribution in [0.4, 0.5) is 8.78 Å². The molecule has 0 aliphatic rings. The maximum atomic E-state index is 13.7. The first-order valence-electron chi connectivity index (χ1n) is 9.42. The minimum absolute atomic E-state index is 0.122. The number of rotatable bonds is 4. The Labute approximate surface area is 181 Å². The van der Waals surface area contributed by atoms with Crippen LogP contribution in [0.2, 0.25) is 0 Å². The van der Waals surface area contributed by atoms with Gasteiger partial charge in [0.15, 0.2) is 4.77 Å². The highest BCUT2D eigenvalue weighted by atomic mass is 32.1. The fourth-order valence-corrected chi connectivity index (χ4v) is 3.51. The lowest BCUT2D eigenvalue weighted by atomic mass is 10.1. The molecule has 0 unspecified atom stereocenters. The summed E-state index contributed by atoms with van der Waals surface area (Å²) < 4.78 is 28.3. The zero-order valence-corrected chi connectivity index (χ0v) is 17.2. The molecule has 1 aromatic heterocycles. The topological polar surface area (TPSA) is 66.9 Å². The van der Waals surface area contributed by atoms with Gasteiger partial charge in [-0.2, -0.15) is 0 Å². The van der Waals surface area contributed by atoms with Crippen LogP contribution in [-0.4, -0.2) is 15.5 Å². The number of nitrogens with zero attached hydrogens (tertiary/aromatic N) is 1. The van der Waals surface area contributed by atoms with E-state index in [0.717, 1.165) is 0 Å². The van der Waals surface area contributed by atoms with Crippen molar-refractivity contribution in [1.82, 2.24) is 14.9 Å². The van der Waals surface area contributed by atoms with Gasteiger partial charge in [0, 0.05) is 12.1 Å². The van der Waals surface area contributed by atoms with Gasteiger partial charge in [0.1, 0.15) is 11.6 Å². The highest BCUT2D eigenvalue weighted by molar-refractivity contribution is 7.71. The average Bonchev–Trinajstić information content (AvgIpc) is 2.75. The van der Waals surface area contributed by atoms with E-state index in [1.165, 1.54) is 53.1 Å². The van der Waals surface area contributed by atoms with E-state index >= 15 is 0 Å². The number of aryl methyl sites for hydroxylation is 1. The molecule has 8 heteroatoms. The third-order valence-electron chi connectivity index (χ3n) is 4.93. The van der Waals surface area contributed by atoms with Crippen molar-refractivity contribution in [2.75, 3.05) is 0 Å². The molecule has 4 rings (SSSR count). The zero-order valence-electron chi connectivity index (χ0n) is 16.4. The van der Waals surface area contributed by atoms with Gasteiger partial charge in [-0.3, -0.25) is 14.2 Å². The number of aromatic nitrogens is 2. The molecule has 1 heterocycles. The number of carbonyl (C=O) groups is 1. The molecule has 0 saturated heterocycles. The van der Waals surface area contributed by atoms with Crippen molar-refractivity contribution in [3.8, 4) is 5.69 Å². The SMILES string of the molecule is Cc1ccc(CNC(=O)c2ccc3c(=O)n(-c4ccc(F)cc4)c(=S)[nH]c3c2)cc1F. The Kier molecular flexibility index (Phi) is 5.48. The summed E-state index contributed by atoms with van der Waals surface area (Å²) in [5.74, 6) is -1.12. The standard InChI is InChI=1S/C23H17F2N3O2S/c1-13-2-3-14(10-19(13)25)12-26-21(29)15-4-9-18-20(11-15)27-23(31)28(22(18)30)17-7-5-16(24)6-8-17/h2-11H,12H2,1H3,(H,26,29)(H,27,31). The molecule has 0 spiro atoms. The molecule has 4 aromatic rings. The van der Waals surface area contributed by atoms with E-state index in [0.29, 0.717) is 33.3 Å². The number of amides is 1.